The van der Waals surface area contributed by atoms with Crippen LogP contribution in [0.4, 0.5) is 11.4 Å². The number of azo groups is 1. The van der Waals surface area contributed by atoms with Crippen LogP contribution in [0.25, 0.3) is 0 Å². The molecule has 1 aliphatic heterocycles. The molecule has 3 rings (SSSR count). The highest BCUT2D eigenvalue weighted by Gasteiger charge is 2.19. The molecule has 0 fully saturated rings. The van der Waals surface area contributed by atoms with Gasteiger partial charge >= 0.3 is 0 Å². The lowest BCUT2D eigenvalue weighted by molar-refractivity contribution is 0.0758. The van der Waals surface area contributed by atoms with Crippen LogP contribution in [0.1, 0.15) is 28.4 Å². The largest absolute Gasteiger partial charge is 0.394 e. The van der Waals surface area contributed by atoms with Crippen LogP contribution >= 0.6 is 0 Å². The van der Waals surface area contributed by atoms with Gasteiger partial charge in [-0.25, -0.2) is 0 Å². The van der Waals surface area contributed by atoms with E-state index in [0.717, 1.165) is 35.3 Å². The van der Waals surface area contributed by atoms with Crippen molar-refractivity contribution in [2.24, 2.45) is 10.2 Å². The minimum absolute atomic E-state index is 0.320. The molecule has 1 amide bonds. The fraction of sp³-hybridized carbons (Fsp3) is 0.316. The Hall–Kier alpha value is -2.57. The van der Waals surface area contributed by atoms with Crippen LogP contribution in [0.5, 0.6) is 0 Å². The van der Waals surface area contributed by atoms with Gasteiger partial charge in [0.05, 0.1) is 30.1 Å². The highest BCUT2D eigenvalue weighted by molar-refractivity contribution is 5.95. The Morgan fingerprint density at radius 2 is 1.80 bits per heavy atom. The van der Waals surface area contributed by atoms with Crippen molar-refractivity contribution in [3.8, 4) is 0 Å². The van der Waals surface area contributed by atoms with Gasteiger partial charge in [-0.1, -0.05) is 18.2 Å². The van der Waals surface area contributed by atoms with Gasteiger partial charge in [0.25, 0.3) is 5.91 Å². The summed E-state index contributed by atoms with van der Waals surface area (Å²) in [5.74, 6) is -0.331. The van der Waals surface area contributed by atoms with Crippen molar-refractivity contribution in [1.82, 2.24) is 5.32 Å². The van der Waals surface area contributed by atoms with E-state index in [1.54, 1.807) is 18.2 Å². The molecule has 2 aromatic rings. The second kappa shape index (κ2) is 7.55. The number of hydrogen-bond acceptors (Lipinski definition) is 5. The van der Waals surface area contributed by atoms with Crippen LogP contribution in [0.2, 0.25) is 0 Å². The number of aliphatic hydroxyl groups is 2. The molecule has 0 unspecified atom stereocenters. The Bertz CT molecular complexity index is 802. The topological polar surface area (TPSA) is 94.3 Å². The molecule has 0 radical (unpaired) electrons. The quantitative estimate of drug-likeness (QED) is 0.799. The van der Waals surface area contributed by atoms with E-state index >= 15 is 0 Å². The Morgan fingerprint density at radius 3 is 2.52 bits per heavy atom. The lowest BCUT2D eigenvalue weighted by atomic mass is 9.99. The summed E-state index contributed by atoms with van der Waals surface area (Å²) in [7, 11) is 0. The first kappa shape index (κ1) is 17.3. The van der Waals surface area contributed by atoms with Gasteiger partial charge in [-0.2, -0.15) is 10.2 Å². The van der Waals surface area contributed by atoms with Gasteiger partial charge in [0.1, 0.15) is 0 Å². The van der Waals surface area contributed by atoms with Crippen LogP contribution in [0, 0.1) is 0 Å². The first-order valence-electron chi connectivity index (χ1n) is 8.31. The number of carbonyl (C=O) groups excluding carboxylic acids is 1. The molecule has 130 valence electrons. The lowest BCUT2D eigenvalue weighted by Crippen LogP contribution is -2.44. The number of fused-ring (bicyclic) bond motifs is 2. The van der Waals surface area contributed by atoms with E-state index in [1.807, 2.05) is 24.3 Å². The molecule has 2 aromatic carbocycles. The van der Waals surface area contributed by atoms with Crippen molar-refractivity contribution in [3.05, 3.63) is 59.2 Å². The zero-order chi connectivity index (χ0) is 17.8. The Labute approximate surface area is 146 Å². The summed E-state index contributed by atoms with van der Waals surface area (Å²) in [6, 6.07) is 12.4. The molecule has 1 heterocycles. The highest BCUT2D eigenvalue weighted by atomic mass is 16.3. The molecule has 6 nitrogen and oxygen atoms in total. The summed E-state index contributed by atoms with van der Waals surface area (Å²) in [4.78, 5) is 12.4. The third-order valence-electron chi connectivity index (χ3n) is 4.36. The average molecular weight is 339 g/mol. The summed E-state index contributed by atoms with van der Waals surface area (Å²) in [5.41, 5.74) is 4.17. The minimum Gasteiger partial charge on any atom is -0.394 e. The van der Waals surface area contributed by atoms with Gasteiger partial charge in [0.2, 0.25) is 0 Å². The van der Waals surface area contributed by atoms with E-state index in [-0.39, 0.29) is 12.5 Å². The molecule has 6 heteroatoms. The first-order valence-corrected chi connectivity index (χ1v) is 8.31. The number of amides is 1. The van der Waals surface area contributed by atoms with Crippen molar-refractivity contribution in [2.75, 3.05) is 6.61 Å². The van der Waals surface area contributed by atoms with Gasteiger partial charge in [-0.05, 0) is 55.2 Å². The maximum atomic E-state index is 12.4. The van der Waals surface area contributed by atoms with Crippen molar-refractivity contribution in [3.63, 3.8) is 0 Å². The fourth-order valence-electron chi connectivity index (χ4n) is 2.79. The van der Waals surface area contributed by atoms with Gasteiger partial charge in [-0.15, -0.1) is 0 Å². The lowest BCUT2D eigenvalue weighted by Gasteiger charge is -2.19. The Morgan fingerprint density at radius 1 is 1.12 bits per heavy atom. The number of benzene rings is 2. The summed E-state index contributed by atoms with van der Waals surface area (Å²) in [6.07, 6.45) is 0.746. The maximum absolute atomic E-state index is 12.4. The first-order chi connectivity index (χ1) is 12.1. The van der Waals surface area contributed by atoms with Crippen molar-refractivity contribution < 1.29 is 15.0 Å². The standard InChI is InChI=1S/C19H21N3O3/c1-12(24)18(11-23)20-19(25)15-8-9-17-14(10-15)7-6-13-4-2-3-5-16(13)21-22-17/h2-5,8-10,12,18,23-24H,6-7,11H2,1H3,(H,20,25)/t12-,18-/m0/s1. The SMILES string of the molecule is C[C@H](O)[C@H](CO)NC(=O)c1ccc2c(c1)CCc1ccccc1N=N2. The smallest absolute Gasteiger partial charge is 0.251 e. The fourth-order valence-corrected chi connectivity index (χ4v) is 2.79. The van der Waals surface area contributed by atoms with E-state index in [0.29, 0.717) is 5.56 Å². The van der Waals surface area contributed by atoms with Gasteiger partial charge in [-0.3, -0.25) is 4.79 Å². The second-order valence-electron chi connectivity index (χ2n) is 6.18. The van der Waals surface area contributed by atoms with Crippen molar-refractivity contribution in [1.29, 1.82) is 0 Å². The molecular weight excluding hydrogens is 318 g/mol. The van der Waals surface area contributed by atoms with Gasteiger partial charge < -0.3 is 15.5 Å². The molecule has 0 aliphatic carbocycles. The van der Waals surface area contributed by atoms with Crippen LogP contribution in [0.15, 0.2) is 52.7 Å². The molecular formula is C19H21N3O3. The van der Waals surface area contributed by atoms with E-state index < -0.39 is 12.1 Å². The molecule has 1 aliphatic rings. The molecule has 0 saturated carbocycles. The molecule has 0 saturated heterocycles. The number of hydrogen-bond donors (Lipinski definition) is 3. The normalized spacial score (nSPS) is 15.3. The number of aliphatic hydroxyl groups excluding tert-OH is 2. The van der Waals surface area contributed by atoms with Crippen LogP contribution in [-0.2, 0) is 12.8 Å². The third kappa shape index (κ3) is 3.92. The molecule has 25 heavy (non-hydrogen) atoms. The number of rotatable bonds is 4. The Balaban J connectivity index is 1.84. The van der Waals surface area contributed by atoms with Crippen LogP contribution in [0.3, 0.4) is 0 Å². The summed E-state index contributed by atoms with van der Waals surface area (Å²) < 4.78 is 0. The number of carbonyl (C=O) groups is 1. The summed E-state index contributed by atoms with van der Waals surface area (Å²) in [6.45, 7) is 1.21. The molecule has 0 bridgehead atoms. The number of aryl methyl sites for hydroxylation is 2. The molecule has 3 N–H and O–H groups in total. The minimum atomic E-state index is -0.830. The highest BCUT2D eigenvalue weighted by Crippen LogP contribution is 2.30. The van der Waals surface area contributed by atoms with Gasteiger partial charge in [0, 0.05) is 5.56 Å². The van der Waals surface area contributed by atoms with Crippen LogP contribution in [-0.4, -0.2) is 34.9 Å². The molecule has 0 aromatic heterocycles. The summed E-state index contributed by atoms with van der Waals surface area (Å²) in [5, 5.41) is 30.1. The monoisotopic (exact) mass is 339 g/mol. The zero-order valence-electron chi connectivity index (χ0n) is 14.0. The maximum Gasteiger partial charge on any atom is 0.251 e. The summed E-state index contributed by atoms with van der Waals surface area (Å²) >= 11 is 0. The van der Waals surface area contributed by atoms with E-state index in [9.17, 15) is 15.0 Å². The second-order valence-corrected chi connectivity index (χ2v) is 6.18. The number of nitrogens with zero attached hydrogens (tertiary/aromatic N) is 2. The van der Waals surface area contributed by atoms with Crippen molar-refractivity contribution in [2.45, 2.75) is 31.9 Å². The predicted molar refractivity (Wildman–Crippen MR) is 94.5 cm³/mol. The van der Waals surface area contributed by atoms with Gasteiger partial charge in [0.15, 0.2) is 0 Å². The van der Waals surface area contributed by atoms with Crippen LogP contribution < -0.4 is 5.32 Å². The molecule has 0 spiro atoms. The third-order valence-corrected chi connectivity index (χ3v) is 4.36. The average Bonchev–Trinajstić information content (AvgIpc) is 2.61. The molecule has 2 atom stereocenters. The van der Waals surface area contributed by atoms with E-state index in [2.05, 4.69) is 15.5 Å². The Kier molecular flexibility index (Phi) is 5.21. The predicted octanol–water partition coefficient (Wildman–Crippen LogP) is 2.67. The van der Waals surface area contributed by atoms with E-state index in [1.165, 1.54) is 6.92 Å². The zero-order valence-corrected chi connectivity index (χ0v) is 14.0. The number of nitrogens with one attached hydrogen (secondary N) is 1. The van der Waals surface area contributed by atoms with Crippen molar-refractivity contribution >= 4 is 17.3 Å². The van der Waals surface area contributed by atoms with E-state index in [4.69, 9.17) is 0 Å².